The molecule has 1 amide bonds. The van der Waals surface area contributed by atoms with E-state index in [1.54, 1.807) is 42.6 Å². The van der Waals surface area contributed by atoms with E-state index in [9.17, 15) is 4.79 Å². The molecule has 2 aromatic heterocycles. The number of aromatic nitrogens is 2. The molecule has 0 atom stereocenters. The molecule has 0 aliphatic carbocycles. The summed E-state index contributed by atoms with van der Waals surface area (Å²) < 4.78 is 11.8. The zero-order chi connectivity index (χ0) is 22.0. The fraction of sp³-hybridized carbons (Fsp3) is 0.174. The largest absolute Gasteiger partial charge is 0.493 e. The van der Waals surface area contributed by atoms with Crippen LogP contribution in [0, 0.1) is 6.92 Å². The Hall–Kier alpha value is -3.16. The van der Waals surface area contributed by atoms with Gasteiger partial charge in [-0.3, -0.25) is 14.7 Å². The monoisotopic (exact) mass is 453 g/mol. The minimum absolute atomic E-state index is 0.240. The molecular formula is C23H20ClN3O3S. The summed E-state index contributed by atoms with van der Waals surface area (Å²) in [6, 6.07) is 12.7. The number of carbonyl (C=O) groups is 1. The van der Waals surface area contributed by atoms with Crippen LogP contribution in [0.1, 0.15) is 21.5 Å². The van der Waals surface area contributed by atoms with E-state index in [-0.39, 0.29) is 5.91 Å². The molecule has 0 aliphatic rings. The van der Waals surface area contributed by atoms with Crippen molar-refractivity contribution in [2.75, 3.05) is 19.1 Å². The van der Waals surface area contributed by atoms with Gasteiger partial charge in [0, 0.05) is 17.4 Å². The first-order chi connectivity index (χ1) is 15.0. The number of anilines is 1. The number of aryl methyl sites for hydroxylation is 1. The molecule has 4 rings (SSSR count). The van der Waals surface area contributed by atoms with Crippen LogP contribution in [0.4, 0.5) is 5.13 Å². The van der Waals surface area contributed by atoms with Crippen molar-refractivity contribution in [2.45, 2.75) is 13.5 Å². The molecule has 31 heavy (non-hydrogen) atoms. The van der Waals surface area contributed by atoms with Crippen LogP contribution >= 0.6 is 22.9 Å². The second-order valence-corrected chi connectivity index (χ2v) is 8.30. The number of thiazole rings is 1. The third-order valence-corrected chi connectivity index (χ3v) is 6.08. The van der Waals surface area contributed by atoms with Crippen molar-refractivity contribution in [3.8, 4) is 11.5 Å². The highest BCUT2D eigenvalue weighted by Gasteiger charge is 2.26. The summed E-state index contributed by atoms with van der Waals surface area (Å²) in [4.78, 5) is 24.2. The molecular weight excluding hydrogens is 434 g/mol. The van der Waals surface area contributed by atoms with Crippen LogP contribution in [0.15, 0.2) is 54.9 Å². The molecule has 8 heteroatoms. The van der Waals surface area contributed by atoms with Gasteiger partial charge >= 0.3 is 0 Å². The molecule has 6 nitrogen and oxygen atoms in total. The highest BCUT2D eigenvalue weighted by Crippen LogP contribution is 2.37. The highest BCUT2D eigenvalue weighted by molar-refractivity contribution is 7.22. The Bertz CT molecular complexity index is 1240. The number of ether oxygens (including phenoxy) is 2. The third-order valence-electron chi connectivity index (χ3n) is 4.84. The highest BCUT2D eigenvalue weighted by atomic mass is 35.5. The summed E-state index contributed by atoms with van der Waals surface area (Å²) in [7, 11) is 3.06. The van der Waals surface area contributed by atoms with E-state index >= 15 is 0 Å². The van der Waals surface area contributed by atoms with Crippen molar-refractivity contribution in [3.05, 3.63) is 76.6 Å². The third kappa shape index (κ3) is 4.19. The number of carbonyl (C=O) groups excluding carboxylic acids is 1. The molecule has 0 saturated heterocycles. The maximum Gasteiger partial charge on any atom is 0.264 e. The topological polar surface area (TPSA) is 64.5 Å². The molecule has 0 radical (unpaired) electrons. The zero-order valence-electron chi connectivity index (χ0n) is 17.3. The zero-order valence-corrected chi connectivity index (χ0v) is 18.8. The summed E-state index contributed by atoms with van der Waals surface area (Å²) in [6.45, 7) is 2.28. The maximum atomic E-state index is 13.7. The standard InChI is InChI=1S/C23H20ClN3O3S/c1-14-11-16(24)12-19-20(14)26-23(31-19)27(13-15-7-9-25-10-8-15)22(28)17-5-4-6-18(29-2)21(17)30-3/h4-12H,13H2,1-3H3. The Kier molecular flexibility index (Phi) is 6.06. The van der Waals surface area contributed by atoms with Crippen LogP contribution in [-0.4, -0.2) is 30.1 Å². The Morgan fingerprint density at radius 1 is 1.13 bits per heavy atom. The van der Waals surface area contributed by atoms with Gasteiger partial charge < -0.3 is 9.47 Å². The van der Waals surface area contributed by atoms with Crippen LogP contribution in [0.5, 0.6) is 11.5 Å². The summed E-state index contributed by atoms with van der Waals surface area (Å²) in [5.41, 5.74) is 3.11. The Morgan fingerprint density at radius 2 is 1.90 bits per heavy atom. The van der Waals surface area contributed by atoms with E-state index in [1.807, 2.05) is 31.2 Å². The average molecular weight is 454 g/mol. The Labute approximate surface area is 189 Å². The van der Waals surface area contributed by atoms with E-state index in [4.69, 9.17) is 26.1 Å². The van der Waals surface area contributed by atoms with Gasteiger partial charge in [-0.25, -0.2) is 4.98 Å². The summed E-state index contributed by atoms with van der Waals surface area (Å²) in [5, 5.41) is 1.22. The van der Waals surface area contributed by atoms with Gasteiger partial charge in [0.1, 0.15) is 0 Å². The van der Waals surface area contributed by atoms with E-state index < -0.39 is 0 Å². The smallest absolute Gasteiger partial charge is 0.264 e. The lowest BCUT2D eigenvalue weighted by Crippen LogP contribution is -2.30. The minimum Gasteiger partial charge on any atom is -0.493 e. The maximum absolute atomic E-state index is 13.7. The first-order valence-corrected chi connectivity index (χ1v) is 10.7. The molecule has 0 saturated carbocycles. The molecule has 0 unspecified atom stereocenters. The van der Waals surface area contributed by atoms with Gasteiger partial charge in [-0.1, -0.05) is 29.0 Å². The van der Waals surface area contributed by atoms with Gasteiger partial charge in [0.15, 0.2) is 16.6 Å². The number of para-hydroxylation sites is 1. The summed E-state index contributed by atoms with van der Waals surface area (Å²) in [5.74, 6) is 0.634. The molecule has 0 bridgehead atoms. The van der Waals surface area contributed by atoms with Gasteiger partial charge in [0.25, 0.3) is 5.91 Å². The lowest BCUT2D eigenvalue weighted by atomic mass is 10.1. The summed E-state index contributed by atoms with van der Waals surface area (Å²) >= 11 is 7.66. The molecule has 2 aromatic carbocycles. The van der Waals surface area contributed by atoms with E-state index in [1.165, 1.54) is 18.4 Å². The van der Waals surface area contributed by atoms with Crippen molar-refractivity contribution < 1.29 is 14.3 Å². The van der Waals surface area contributed by atoms with Gasteiger partial charge in [0.05, 0.1) is 36.5 Å². The fourth-order valence-corrected chi connectivity index (χ4v) is 4.77. The fourth-order valence-electron chi connectivity index (χ4n) is 3.36. The molecule has 0 N–H and O–H groups in total. The molecule has 0 aliphatic heterocycles. The second-order valence-electron chi connectivity index (χ2n) is 6.85. The number of rotatable bonds is 6. The van der Waals surface area contributed by atoms with Crippen LogP contribution in [0.3, 0.4) is 0 Å². The van der Waals surface area contributed by atoms with Crippen LogP contribution in [-0.2, 0) is 6.54 Å². The molecule has 0 fully saturated rings. The van der Waals surface area contributed by atoms with Crippen molar-refractivity contribution in [3.63, 3.8) is 0 Å². The molecule has 0 spiro atoms. The van der Waals surface area contributed by atoms with Gasteiger partial charge in [0.2, 0.25) is 0 Å². The number of fused-ring (bicyclic) bond motifs is 1. The van der Waals surface area contributed by atoms with Crippen molar-refractivity contribution in [2.24, 2.45) is 0 Å². The van der Waals surface area contributed by atoms with Gasteiger partial charge in [-0.05, 0) is 54.4 Å². The molecule has 4 aromatic rings. The van der Waals surface area contributed by atoms with E-state index in [0.29, 0.717) is 33.8 Å². The van der Waals surface area contributed by atoms with Crippen LogP contribution in [0.2, 0.25) is 5.02 Å². The first kappa shape index (κ1) is 21.1. The molecule has 158 valence electrons. The first-order valence-electron chi connectivity index (χ1n) is 9.50. The second kappa shape index (κ2) is 8.91. The number of pyridine rings is 1. The number of nitrogens with zero attached hydrogens (tertiary/aromatic N) is 3. The Balaban J connectivity index is 1.84. The van der Waals surface area contributed by atoms with Crippen LogP contribution in [0.25, 0.3) is 10.2 Å². The molecule has 2 heterocycles. The number of benzene rings is 2. The number of amides is 1. The van der Waals surface area contributed by atoms with E-state index in [2.05, 4.69) is 4.98 Å². The predicted octanol–water partition coefficient (Wildman–Crippen LogP) is 5.52. The predicted molar refractivity (Wildman–Crippen MR) is 124 cm³/mol. The lowest BCUT2D eigenvalue weighted by molar-refractivity contribution is 0.0981. The normalized spacial score (nSPS) is 10.8. The van der Waals surface area contributed by atoms with Crippen LogP contribution < -0.4 is 14.4 Å². The van der Waals surface area contributed by atoms with Gasteiger partial charge in [-0.15, -0.1) is 0 Å². The van der Waals surface area contributed by atoms with E-state index in [0.717, 1.165) is 21.3 Å². The van der Waals surface area contributed by atoms with Crippen molar-refractivity contribution in [1.29, 1.82) is 0 Å². The summed E-state index contributed by atoms with van der Waals surface area (Å²) in [6.07, 6.45) is 3.40. The Morgan fingerprint density at radius 3 is 2.61 bits per heavy atom. The quantitative estimate of drug-likeness (QED) is 0.384. The number of methoxy groups -OCH3 is 2. The number of halogens is 1. The average Bonchev–Trinajstić information content (AvgIpc) is 3.21. The number of hydrogen-bond donors (Lipinski definition) is 0. The lowest BCUT2D eigenvalue weighted by Gasteiger charge is -2.22. The number of hydrogen-bond acceptors (Lipinski definition) is 6. The minimum atomic E-state index is -0.240. The van der Waals surface area contributed by atoms with Gasteiger partial charge in [-0.2, -0.15) is 0 Å². The van der Waals surface area contributed by atoms with Crippen molar-refractivity contribution >= 4 is 44.2 Å². The van der Waals surface area contributed by atoms with Crippen molar-refractivity contribution in [1.82, 2.24) is 9.97 Å². The SMILES string of the molecule is COc1cccc(C(=O)N(Cc2ccncc2)c2nc3c(C)cc(Cl)cc3s2)c1OC.